The number of carbonyl (C=O) groups is 1. The molecule has 1 saturated heterocycles. The first-order valence-corrected chi connectivity index (χ1v) is 4.91. The predicted molar refractivity (Wildman–Crippen MR) is 35.5 cm³/mol. The van der Waals surface area contributed by atoms with Crippen LogP contribution in [0.2, 0.25) is 11.6 Å². The van der Waals surface area contributed by atoms with Crippen molar-refractivity contribution in [1.29, 1.82) is 0 Å². The number of primary amides is 1. The van der Waals surface area contributed by atoms with Gasteiger partial charge in [0, 0.05) is 15.1 Å². The third kappa shape index (κ3) is 1.09. The first-order valence-electron chi connectivity index (χ1n) is 3.10. The Morgan fingerprint density at radius 2 is 2.50 bits per heavy atom. The van der Waals surface area contributed by atoms with Gasteiger partial charge in [-0.3, -0.25) is 4.79 Å². The molecule has 0 radical (unpaired) electrons. The van der Waals surface area contributed by atoms with Gasteiger partial charge in [0.25, 0.3) is 0 Å². The highest BCUT2D eigenvalue weighted by Gasteiger charge is 2.19. The molecule has 1 rings (SSSR count). The molecule has 0 aromatic heterocycles. The van der Waals surface area contributed by atoms with E-state index in [0.29, 0.717) is 5.54 Å². The van der Waals surface area contributed by atoms with Crippen LogP contribution in [0.25, 0.3) is 0 Å². The lowest BCUT2D eigenvalue weighted by Crippen LogP contribution is -2.19. The van der Waals surface area contributed by atoms with Crippen molar-refractivity contribution in [3.05, 3.63) is 0 Å². The van der Waals surface area contributed by atoms with Crippen LogP contribution in [-0.2, 0) is 4.79 Å². The number of rotatable bonds is 1. The average molecular weight is 129 g/mol. The molecule has 0 unspecified atom stereocenters. The van der Waals surface area contributed by atoms with Gasteiger partial charge in [0.2, 0.25) is 5.91 Å². The highest BCUT2D eigenvalue weighted by Crippen LogP contribution is 2.22. The van der Waals surface area contributed by atoms with E-state index in [0.717, 1.165) is 6.42 Å². The molecular weight excluding hydrogens is 118 g/mol. The minimum atomic E-state index is -0.0648. The van der Waals surface area contributed by atoms with Gasteiger partial charge < -0.3 is 5.73 Å². The van der Waals surface area contributed by atoms with Gasteiger partial charge in [-0.1, -0.05) is 12.5 Å². The Kier molecular flexibility index (Phi) is 1.68. The van der Waals surface area contributed by atoms with E-state index in [9.17, 15) is 4.79 Å². The van der Waals surface area contributed by atoms with Crippen LogP contribution in [-0.4, -0.2) is 15.4 Å². The Morgan fingerprint density at radius 3 is 2.75 bits per heavy atom. The van der Waals surface area contributed by atoms with Gasteiger partial charge in [-0.2, -0.15) is 0 Å². The highest BCUT2D eigenvalue weighted by atomic mass is 28.2. The maximum absolute atomic E-state index is 10.5. The van der Waals surface area contributed by atoms with Gasteiger partial charge in [-0.05, 0) is 6.42 Å². The van der Waals surface area contributed by atoms with E-state index < -0.39 is 0 Å². The highest BCUT2D eigenvalue weighted by molar-refractivity contribution is 6.45. The maximum atomic E-state index is 10.5. The Morgan fingerprint density at radius 1 is 1.75 bits per heavy atom. The SMILES string of the molecule is NC(=O)[C@@H]1CCC[SiH2]1. The van der Waals surface area contributed by atoms with Crippen molar-refractivity contribution in [3.8, 4) is 0 Å². The molecule has 0 aromatic rings. The Hall–Kier alpha value is -0.313. The predicted octanol–water partition coefficient (Wildman–Crippen LogP) is -0.359. The standard InChI is InChI=1S/C5H11NOSi/c6-5(7)4-2-1-3-8-4/h4H,1-3,8H2,(H2,6,7)/t4-/m0/s1. The fourth-order valence-electron chi connectivity index (χ4n) is 1.21. The summed E-state index contributed by atoms with van der Waals surface area (Å²) in [7, 11) is -0.0648. The smallest absolute Gasteiger partial charge is 0.217 e. The van der Waals surface area contributed by atoms with Gasteiger partial charge in [0.15, 0.2) is 0 Å². The third-order valence-electron chi connectivity index (χ3n) is 1.76. The van der Waals surface area contributed by atoms with Crippen LogP contribution in [0.4, 0.5) is 0 Å². The normalized spacial score (nSPS) is 31.2. The van der Waals surface area contributed by atoms with Crippen molar-refractivity contribution in [1.82, 2.24) is 0 Å². The number of carbonyl (C=O) groups excluding carboxylic acids is 1. The zero-order chi connectivity index (χ0) is 5.98. The monoisotopic (exact) mass is 129 g/mol. The molecule has 1 atom stereocenters. The Labute approximate surface area is 51.3 Å². The van der Waals surface area contributed by atoms with Crippen LogP contribution in [0.5, 0.6) is 0 Å². The molecule has 0 aliphatic carbocycles. The molecule has 8 heavy (non-hydrogen) atoms. The summed E-state index contributed by atoms with van der Waals surface area (Å²) in [6.07, 6.45) is 2.33. The maximum Gasteiger partial charge on any atom is 0.217 e. The van der Waals surface area contributed by atoms with E-state index in [2.05, 4.69) is 0 Å². The van der Waals surface area contributed by atoms with E-state index in [-0.39, 0.29) is 15.4 Å². The molecule has 0 saturated carbocycles. The minimum Gasteiger partial charge on any atom is -0.370 e. The summed E-state index contributed by atoms with van der Waals surface area (Å²) in [4.78, 5) is 10.5. The summed E-state index contributed by atoms with van der Waals surface area (Å²) in [6, 6.07) is 1.33. The molecule has 1 aliphatic rings. The van der Waals surface area contributed by atoms with Crippen molar-refractivity contribution in [3.63, 3.8) is 0 Å². The topological polar surface area (TPSA) is 43.1 Å². The molecule has 0 aromatic carbocycles. The molecule has 1 aliphatic heterocycles. The molecule has 0 bridgehead atoms. The van der Waals surface area contributed by atoms with E-state index in [1.807, 2.05) is 0 Å². The number of nitrogens with two attached hydrogens (primary N) is 1. The largest absolute Gasteiger partial charge is 0.370 e. The van der Waals surface area contributed by atoms with Crippen molar-refractivity contribution >= 4 is 15.4 Å². The Bertz CT molecular complexity index is 98.6. The molecular formula is C5H11NOSi. The van der Waals surface area contributed by atoms with E-state index in [1.165, 1.54) is 12.5 Å². The van der Waals surface area contributed by atoms with Crippen molar-refractivity contribution in [2.24, 2.45) is 5.73 Å². The summed E-state index contributed by atoms with van der Waals surface area (Å²) in [6.45, 7) is 0. The molecule has 2 N–H and O–H groups in total. The van der Waals surface area contributed by atoms with Crippen molar-refractivity contribution in [2.45, 2.75) is 24.4 Å². The fourth-order valence-corrected chi connectivity index (χ4v) is 3.14. The lowest BCUT2D eigenvalue weighted by atomic mass is 10.2. The first-order chi connectivity index (χ1) is 3.80. The zero-order valence-corrected chi connectivity index (χ0v) is 6.31. The van der Waals surface area contributed by atoms with Crippen LogP contribution in [0, 0.1) is 0 Å². The van der Waals surface area contributed by atoms with E-state index in [1.54, 1.807) is 0 Å². The summed E-state index contributed by atoms with van der Waals surface area (Å²) >= 11 is 0. The molecule has 1 amide bonds. The van der Waals surface area contributed by atoms with Gasteiger partial charge in [0.1, 0.15) is 0 Å². The van der Waals surface area contributed by atoms with Gasteiger partial charge in [0.05, 0.1) is 0 Å². The summed E-state index contributed by atoms with van der Waals surface area (Å²) in [5.74, 6) is -0.0471. The summed E-state index contributed by atoms with van der Waals surface area (Å²) in [5.41, 5.74) is 5.44. The quantitative estimate of drug-likeness (QED) is 0.483. The molecule has 1 heterocycles. The van der Waals surface area contributed by atoms with Crippen LogP contribution in [0.3, 0.4) is 0 Å². The molecule has 2 nitrogen and oxygen atoms in total. The second-order valence-corrected chi connectivity index (χ2v) is 4.65. The number of hydrogen-bond acceptors (Lipinski definition) is 1. The number of amides is 1. The molecule has 46 valence electrons. The van der Waals surface area contributed by atoms with Crippen molar-refractivity contribution < 1.29 is 4.79 Å². The summed E-state index contributed by atoms with van der Waals surface area (Å²) < 4.78 is 0. The van der Waals surface area contributed by atoms with Crippen LogP contribution >= 0.6 is 0 Å². The molecule has 3 heteroatoms. The molecule has 1 fully saturated rings. The van der Waals surface area contributed by atoms with Gasteiger partial charge in [-0.15, -0.1) is 0 Å². The first kappa shape index (κ1) is 5.82. The second kappa shape index (κ2) is 2.30. The van der Waals surface area contributed by atoms with Crippen LogP contribution in [0.1, 0.15) is 12.8 Å². The lowest BCUT2D eigenvalue weighted by molar-refractivity contribution is -0.117. The van der Waals surface area contributed by atoms with Gasteiger partial charge >= 0.3 is 0 Å². The number of hydrogen-bond donors (Lipinski definition) is 1. The zero-order valence-electron chi connectivity index (χ0n) is 4.89. The minimum absolute atomic E-state index is 0.0471. The fraction of sp³-hybridized carbons (Fsp3) is 0.800. The van der Waals surface area contributed by atoms with Crippen LogP contribution < -0.4 is 5.73 Å². The average Bonchev–Trinajstić information content (AvgIpc) is 2.12. The van der Waals surface area contributed by atoms with E-state index >= 15 is 0 Å². The second-order valence-electron chi connectivity index (χ2n) is 2.38. The van der Waals surface area contributed by atoms with Crippen molar-refractivity contribution in [2.75, 3.05) is 0 Å². The van der Waals surface area contributed by atoms with Crippen LogP contribution in [0.15, 0.2) is 0 Å². The van der Waals surface area contributed by atoms with Gasteiger partial charge in [-0.25, -0.2) is 0 Å². The third-order valence-corrected chi connectivity index (χ3v) is 4.17. The molecule has 0 spiro atoms. The van der Waals surface area contributed by atoms with E-state index in [4.69, 9.17) is 5.73 Å². The lowest BCUT2D eigenvalue weighted by Gasteiger charge is -1.98. The summed E-state index contributed by atoms with van der Waals surface area (Å²) in [5, 5.41) is 0. The Balaban J connectivity index is 2.35.